The second kappa shape index (κ2) is 10.3. The lowest BCUT2D eigenvalue weighted by Gasteiger charge is -2.10. The van der Waals surface area contributed by atoms with Gasteiger partial charge in [0.1, 0.15) is 5.70 Å². The monoisotopic (exact) mass is 461 g/mol. The molecule has 3 aromatic rings. The lowest BCUT2D eigenvalue weighted by molar-refractivity contribution is -0.117. The van der Waals surface area contributed by atoms with E-state index in [-0.39, 0.29) is 11.6 Å². The average Bonchev–Trinajstić information content (AvgIpc) is 2.78. The third-order valence-corrected chi connectivity index (χ3v) is 4.70. The second-order valence-electron chi connectivity index (χ2n) is 6.44. The molecule has 3 aromatic carbocycles. The molecule has 0 aliphatic heterocycles. The van der Waals surface area contributed by atoms with Gasteiger partial charge in [0.2, 0.25) is 0 Å². The van der Waals surface area contributed by atoms with Gasteiger partial charge in [-0.25, -0.2) is 5.43 Å². The van der Waals surface area contributed by atoms with E-state index in [1.807, 2.05) is 60.7 Å². The van der Waals surface area contributed by atoms with Crippen LogP contribution in [-0.2, 0) is 4.79 Å². The third-order valence-electron chi connectivity index (χ3n) is 4.21. The summed E-state index contributed by atoms with van der Waals surface area (Å²) < 4.78 is 0.917. The van der Waals surface area contributed by atoms with E-state index in [0.717, 1.165) is 15.6 Å². The van der Waals surface area contributed by atoms with Gasteiger partial charge in [0, 0.05) is 10.0 Å². The summed E-state index contributed by atoms with van der Waals surface area (Å²) in [4.78, 5) is 25.4. The van der Waals surface area contributed by atoms with Crippen molar-refractivity contribution < 1.29 is 9.59 Å². The zero-order chi connectivity index (χ0) is 21.3. The van der Waals surface area contributed by atoms with Gasteiger partial charge >= 0.3 is 0 Å². The third kappa shape index (κ3) is 5.99. The molecule has 0 unspecified atom stereocenters. The van der Waals surface area contributed by atoms with Crippen LogP contribution < -0.4 is 10.7 Å². The van der Waals surface area contributed by atoms with Crippen molar-refractivity contribution in [3.63, 3.8) is 0 Å². The van der Waals surface area contributed by atoms with E-state index >= 15 is 0 Å². The van der Waals surface area contributed by atoms with Gasteiger partial charge < -0.3 is 5.32 Å². The molecule has 150 valence electrons. The molecule has 3 rings (SSSR count). The molecule has 0 bridgehead atoms. The number of benzene rings is 3. The Morgan fingerprint density at radius 2 is 1.50 bits per heavy atom. The van der Waals surface area contributed by atoms with E-state index in [2.05, 4.69) is 31.8 Å². The summed E-state index contributed by atoms with van der Waals surface area (Å²) in [5.74, 6) is -0.891. The maximum atomic E-state index is 12.8. The Kier molecular flexibility index (Phi) is 7.29. The van der Waals surface area contributed by atoms with Crippen LogP contribution in [0.1, 0.15) is 28.4 Å². The van der Waals surface area contributed by atoms with Crippen molar-refractivity contribution in [2.45, 2.75) is 6.92 Å². The Morgan fingerprint density at radius 1 is 0.867 bits per heavy atom. The standard InChI is InChI=1S/C24H20BrN3O2/c1-17(20-13-8-14-21(25)16-20)27-28-24(30)22(15-18-9-4-2-5-10-18)26-23(29)19-11-6-3-7-12-19/h2-16H,1H3,(H,26,29)(H,28,30)/b22-15-,27-17-. The number of amides is 2. The molecule has 0 aliphatic carbocycles. The minimum absolute atomic E-state index is 0.0980. The normalized spacial score (nSPS) is 11.7. The number of halogens is 1. The molecule has 0 aliphatic rings. The zero-order valence-corrected chi connectivity index (χ0v) is 17.9. The van der Waals surface area contributed by atoms with Crippen molar-refractivity contribution in [2.24, 2.45) is 5.10 Å². The molecule has 0 saturated carbocycles. The first kappa shape index (κ1) is 21.2. The molecule has 0 radical (unpaired) electrons. The Bertz CT molecular complexity index is 1090. The molecule has 2 amide bonds. The predicted molar refractivity (Wildman–Crippen MR) is 123 cm³/mol. The maximum absolute atomic E-state index is 12.8. The quantitative estimate of drug-likeness (QED) is 0.315. The second-order valence-corrected chi connectivity index (χ2v) is 7.35. The highest BCUT2D eigenvalue weighted by atomic mass is 79.9. The number of nitrogens with zero attached hydrogens (tertiary/aromatic N) is 1. The fraction of sp³-hybridized carbons (Fsp3) is 0.0417. The summed E-state index contributed by atoms with van der Waals surface area (Å²) in [5, 5.41) is 6.87. The molecule has 2 N–H and O–H groups in total. The molecule has 30 heavy (non-hydrogen) atoms. The first-order valence-electron chi connectivity index (χ1n) is 9.26. The van der Waals surface area contributed by atoms with Crippen LogP contribution in [0.15, 0.2) is 100 Å². The molecular formula is C24H20BrN3O2. The molecule has 5 nitrogen and oxygen atoms in total. The van der Waals surface area contributed by atoms with Crippen LogP contribution in [0.3, 0.4) is 0 Å². The van der Waals surface area contributed by atoms with Gasteiger partial charge in [-0.15, -0.1) is 0 Å². The maximum Gasteiger partial charge on any atom is 0.287 e. The van der Waals surface area contributed by atoms with Crippen LogP contribution in [0.4, 0.5) is 0 Å². The number of hydrogen-bond donors (Lipinski definition) is 2. The van der Waals surface area contributed by atoms with Crippen molar-refractivity contribution in [1.82, 2.24) is 10.7 Å². The highest BCUT2D eigenvalue weighted by Crippen LogP contribution is 2.12. The van der Waals surface area contributed by atoms with Gasteiger partial charge in [0.25, 0.3) is 11.8 Å². The molecule has 0 spiro atoms. The van der Waals surface area contributed by atoms with Crippen LogP contribution in [0.25, 0.3) is 6.08 Å². The fourth-order valence-corrected chi connectivity index (χ4v) is 3.03. The van der Waals surface area contributed by atoms with Crippen molar-refractivity contribution in [1.29, 1.82) is 0 Å². The number of hydrazone groups is 1. The van der Waals surface area contributed by atoms with Crippen molar-refractivity contribution >= 4 is 39.5 Å². The number of nitrogens with one attached hydrogen (secondary N) is 2. The van der Waals surface area contributed by atoms with E-state index in [1.165, 1.54) is 0 Å². The van der Waals surface area contributed by atoms with Gasteiger partial charge in [0.15, 0.2) is 0 Å². The smallest absolute Gasteiger partial charge is 0.287 e. The molecule has 0 aromatic heterocycles. The Hall–Kier alpha value is -3.51. The number of carbonyl (C=O) groups is 2. The lowest BCUT2D eigenvalue weighted by atomic mass is 10.1. The van der Waals surface area contributed by atoms with E-state index < -0.39 is 5.91 Å². The van der Waals surface area contributed by atoms with Gasteiger partial charge in [-0.2, -0.15) is 5.10 Å². The summed E-state index contributed by atoms with van der Waals surface area (Å²) in [7, 11) is 0. The SMILES string of the molecule is C/C(=N/NC(=O)/C(=C/c1ccccc1)NC(=O)c1ccccc1)c1cccc(Br)c1. The van der Waals surface area contributed by atoms with Crippen LogP contribution in [0, 0.1) is 0 Å². The summed E-state index contributed by atoms with van der Waals surface area (Å²) >= 11 is 3.42. The summed E-state index contributed by atoms with van der Waals surface area (Å²) in [6.07, 6.45) is 1.61. The largest absolute Gasteiger partial charge is 0.317 e. The van der Waals surface area contributed by atoms with E-state index in [0.29, 0.717) is 11.3 Å². The van der Waals surface area contributed by atoms with Crippen molar-refractivity contribution in [3.05, 3.63) is 112 Å². The highest BCUT2D eigenvalue weighted by molar-refractivity contribution is 9.10. The minimum Gasteiger partial charge on any atom is -0.317 e. The molecule has 6 heteroatoms. The van der Waals surface area contributed by atoms with E-state index in [1.54, 1.807) is 37.3 Å². The topological polar surface area (TPSA) is 70.6 Å². The average molecular weight is 462 g/mol. The Morgan fingerprint density at radius 3 is 2.17 bits per heavy atom. The van der Waals surface area contributed by atoms with Gasteiger partial charge in [-0.05, 0) is 48.4 Å². The fourth-order valence-electron chi connectivity index (χ4n) is 2.63. The van der Waals surface area contributed by atoms with Crippen LogP contribution in [-0.4, -0.2) is 17.5 Å². The first-order chi connectivity index (χ1) is 14.5. The minimum atomic E-state index is -0.516. The number of hydrogen-bond acceptors (Lipinski definition) is 3. The summed E-state index contributed by atoms with van der Waals surface area (Å²) in [6, 6.07) is 25.6. The van der Waals surface area contributed by atoms with Crippen molar-refractivity contribution in [2.75, 3.05) is 0 Å². The van der Waals surface area contributed by atoms with Crippen LogP contribution in [0.5, 0.6) is 0 Å². The van der Waals surface area contributed by atoms with Crippen LogP contribution in [0.2, 0.25) is 0 Å². The predicted octanol–water partition coefficient (Wildman–Crippen LogP) is 4.76. The lowest BCUT2D eigenvalue weighted by Crippen LogP contribution is -2.33. The summed E-state index contributed by atoms with van der Waals surface area (Å²) in [5.41, 5.74) is 5.37. The van der Waals surface area contributed by atoms with E-state index in [9.17, 15) is 9.59 Å². The molecule has 0 atom stereocenters. The van der Waals surface area contributed by atoms with E-state index in [4.69, 9.17) is 0 Å². The highest BCUT2D eigenvalue weighted by Gasteiger charge is 2.14. The Balaban J connectivity index is 1.82. The molecule has 0 fully saturated rings. The van der Waals surface area contributed by atoms with Gasteiger partial charge in [0.05, 0.1) is 5.71 Å². The van der Waals surface area contributed by atoms with Crippen LogP contribution >= 0.6 is 15.9 Å². The number of rotatable bonds is 6. The van der Waals surface area contributed by atoms with Gasteiger partial charge in [-0.3, -0.25) is 9.59 Å². The molecular weight excluding hydrogens is 442 g/mol. The molecule has 0 saturated heterocycles. The van der Waals surface area contributed by atoms with Gasteiger partial charge in [-0.1, -0.05) is 76.6 Å². The van der Waals surface area contributed by atoms with Crippen molar-refractivity contribution in [3.8, 4) is 0 Å². The number of carbonyl (C=O) groups excluding carboxylic acids is 2. The zero-order valence-electron chi connectivity index (χ0n) is 16.3. The first-order valence-corrected chi connectivity index (χ1v) is 10.1. The summed E-state index contributed by atoms with van der Waals surface area (Å²) in [6.45, 7) is 1.80. The Labute approximate surface area is 183 Å². The molecule has 0 heterocycles.